The summed E-state index contributed by atoms with van der Waals surface area (Å²) in [6, 6.07) is 20.1. The molecule has 2 unspecified atom stereocenters. The van der Waals surface area contributed by atoms with Crippen molar-refractivity contribution in [2.24, 2.45) is 0 Å². The van der Waals surface area contributed by atoms with Gasteiger partial charge in [-0.05, 0) is 18.9 Å². The van der Waals surface area contributed by atoms with Crippen LogP contribution in [-0.4, -0.2) is 25.9 Å². The molecule has 2 aromatic carbocycles. The smallest absolute Gasteiger partial charge is 0.233 e. The minimum atomic E-state index is -0.301. The number of rotatable bonds is 10. The van der Waals surface area contributed by atoms with Crippen molar-refractivity contribution in [1.82, 2.24) is 20.1 Å². The second kappa shape index (κ2) is 10.8. The molecule has 3 rings (SSSR count). The van der Waals surface area contributed by atoms with Gasteiger partial charge >= 0.3 is 0 Å². The molecule has 0 aliphatic carbocycles. The van der Waals surface area contributed by atoms with Crippen LogP contribution in [0.1, 0.15) is 38.3 Å². The molecule has 1 aromatic heterocycles. The highest BCUT2D eigenvalue weighted by molar-refractivity contribution is 8.00. The fourth-order valence-electron chi connectivity index (χ4n) is 3.27. The van der Waals surface area contributed by atoms with Crippen molar-refractivity contribution in [3.8, 4) is 11.4 Å². The highest BCUT2D eigenvalue weighted by Crippen LogP contribution is 2.28. The molecule has 6 heteroatoms. The van der Waals surface area contributed by atoms with Crippen molar-refractivity contribution in [2.45, 2.75) is 49.7 Å². The summed E-state index contributed by atoms with van der Waals surface area (Å²) in [5.74, 6) is 0.774. The highest BCUT2D eigenvalue weighted by Gasteiger charge is 2.23. The number of carbonyl (C=O) groups is 1. The van der Waals surface area contributed by atoms with Crippen molar-refractivity contribution >= 4 is 17.7 Å². The minimum Gasteiger partial charge on any atom is -0.348 e. The summed E-state index contributed by atoms with van der Waals surface area (Å²) in [5, 5.41) is 12.3. The summed E-state index contributed by atoms with van der Waals surface area (Å²) in [6.45, 7) is 8.47. The Morgan fingerprint density at radius 1 is 1.13 bits per heavy atom. The monoisotopic (exact) mass is 420 g/mol. The quantitative estimate of drug-likeness (QED) is 0.359. The van der Waals surface area contributed by atoms with Gasteiger partial charge in [-0.1, -0.05) is 91.8 Å². The third-order valence-electron chi connectivity index (χ3n) is 4.81. The first-order valence-corrected chi connectivity index (χ1v) is 11.1. The number of nitrogens with zero attached hydrogens (tertiary/aromatic N) is 3. The van der Waals surface area contributed by atoms with E-state index in [4.69, 9.17) is 0 Å². The van der Waals surface area contributed by atoms with Crippen LogP contribution in [0.15, 0.2) is 78.5 Å². The van der Waals surface area contributed by atoms with Crippen LogP contribution < -0.4 is 5.32 Å². The van der Waals surface area contributed by atoms with Gasteiger partial charge in [-0.2, -0.15) is 0 Å². The lowest BCUT2D eigenvalue weighted by molar-refractivity contribution is -0.121. The van der Waals surface area contributed by atoms with Crippen molar-refractivity contribution in [3.05, 3.63) is 78.9 Å². The lowest BCUT2D eigenvalue weighted by Gasteiger charge is -2.21. The molecular formula is C24H28N4OS. The maximum atomic E-state index is 12.9. The zero-order valence-corrected chi connectivity index (χ0v) is 18.3. The largest absolute Gasteiger partial charge is 0.348 e. The van der Waals surface area contributed by atoms with E-state index in [2.05, 4.69) is 41.1 Å². The summed E-state index contributed by atoms with van der Waals surface area (Å²) in [6.07, 6.45) is 3.71. The van der Waals surface area contributed by atoms with Crippen molar-refractivity contribution in [3.63, 3.8) is 0 Å². The topological polar surface area (TPSA) is 59.8 Å². The van der Waals surface area contributed by atoms with Crippen LogP contribution >= 0.6 is 11.8 Å². The Morgan fingerprint density at radius 2 is 1.80 bits per heavy atom. The van der Waals surface area contributed by atoms with E-state index >= 15 is 0 Å². The SMILES string of the molecule is C=CCn1c(SC(C)C(=O)NC(CCC)c2ccccc2)nnc1-c1ccccc1. The molecule has 1 amide bonds. The fraction of sp³-hybridized carbons (Fsp3) is 0.292. The molecule has 156 valence electrons. The van der Waals surface area contributed by atoms with Crippen LogP contribution in [0.5, 0.6) is 0 Å². The van der Waals surface area contributed by atoms with E-state index in [0.717, 1.165) is 29.8 Å². The molecule has 1 heterocycles. The maximum Gasteiger partial charge on any atom is 0.233 e. The number of aromatic nitrogens is 3. The molecule has 30 heavy (non-hydrogen) atoms. The van der Waals surface area contributed by atoms with Gasteiger partial charge in [0.05, 0.1) is 11.3 Å². The van der Waals surface area contributed by atoms with Gasteiger partial charge in [-0.25, -0.2) is 0 Å². The number of thioether (sulfide) groups is 1. The Balaban J connectivity index is 1.74. The Bertz CT molecular complexity index is 956. The first-order chi connectivity index (χ1) is 14.6. The Labute approximate surface area is 182 Å². The van der Waals surface area contributed by atoms with Gasteiger partial charge in [0.15, 0.2) is 11.0 Å². The third-order valence-corrected chi connectivity index (χ3v) is 5.89. The van der Waals surface area contributed by atoms with Crippen LogP contribution in [-0.2, 0) is 11.3 Å². The lowest BCUT2D eigenvalue weighted by atomic mass is 10.0. The van der Waals surface area contributed by atoms with E-state index in [1.807, 2.05) is 66.1 Å². The van der Waals surface area contributed by atoms with Gasteiger partial charge < -0.3 is 5.32 Å². The second-order valence-electron chi connectivity index (χ2n) is 7.09. The van der Waals surface area contributed by atoms with Crippen molar-refractivity contribution in [1.29, 1.82) is 0 Å². The molecule has 0 radical (unpaired) electrons. The van der Waals surface area contributed by atoms with Gasteiger partial charge in [-0.15, -0.1) is 16.8 Å². The molecule has 0 saturated carbocycles. The standard InChI is InChI=1S/C24H28N4OS/c1-4-12-21(19-13-8-6-9-14-19)25-23(29)18(3)30-24-27-26-22(28(24)17-5-2)20-15-10-7-11-16-20/h5-11,13-16,18,21H,2,4,12,17H2,1,3H3,(H,25,29). The van der Waals surface area contributed by atoms with E-state index in [1.54, 1.807) is 0 Å². The summed E-state index contributed by atoms with van der Waals surface area (Å²) >= 11 is 1.42. The number of benzene rings is 2. The van der Waals surface area contributed by atoms with Crippen molar-refractivity contribution < 1.29 is 4.79 Å². The first kappa shape index (κ1) is 21.8. The van der Waals surface area contributed by atoms with Crippen molar-refractivity contribution in [2.75, 3.05) is 0 Å². The van der Waals surface area contributed by atoms with E-state index in [9.17, 15) is 4.79 Å². The van der Waals surface area contributed by atoms with E-state index in [-0.39, 0.29) is 17.2 Å². The Morgan fingerprint density at radius 3 is 2.43 bits per heavy atom. The number of hydrogen-bond donors (Lipinski definition) is 1. The molecule has 0 aliphatic heterocycles. The molecule has 0 fully saturated rings. The van der Waals surface area contributed by atoms with Crippen LogP contribution in [0.2, 0.25) is 0 Å². The van der Waals surface area contributed by atoms with Gasteiger partial charge in [0.2, 0.25) is 5.91 Å². The zero-order chi connectivity index (χ0) is 21.3. The second-order valence-corrected chi connectivity index (χ2v) is 8.40. The molecule has 0 spiro atoms. The molecule has 1 N–H and O–H groups in total. The maximum absolute atomic E-state index is 12.9. The third kappa shape index (κ3) is 5.39. The number of carbonyl (C=O) groups excluding carboxylic acids is 1. The van der Waals surface area contributed by atoms with E-state index in [0.29, 0.717) is 11.7 Å². The molecule has 0 saturated heterocycles. The fourth-order valence-corrected chi connectivity index (χ4v) is 4.13. The zero-order valence-electron chi connectivity index (χ0n) is 17.5. The van der Waals surface area contributed by atoms with Crippen LogP contribution in [0.4, 0.5) is 0 Å². The molecule has 0 bridgehead atoms. The number of amides is 1. The molecule has 5 nitrogen and oxygen atoms in total. The van der Waals surface area contributed by atoms with Gasteiger partial charge in [-0.3, -0.25) is 9.36 Å². The van der Waals surface area contributed by atoms with Crippen LogP contribution in [0.3, 0.4) is 0 Å². The van der Waals surface area contributed by atoms with Gasteiger partial charge in [0.25, 0.3) is 0 Å². The summed E-state index contributed by atoms with van der Waals surface area (Å²) in [5.41, 5.74) is 2.12. The summed E-state index contributed by atoms with van der Waals surface area (Å²) < 4.78 is 2.00. The average Bonchev–Trinajstić information content (AvgIpc) is 3.17. The predicted octanol–water partition coefficient (Wildman–Crippen LogP) is 5.27. The summed E-state index contributed by atoms with van der Waals surface area (Å²) in [4.78, 5) is 12.9. The van der Waals surface area contributed by atoms with Gasteiger partial charge in [0.1, 0.15) is 0 Å². The number of allylic oxidation sites excluding steroid dienone is 1. The molecular weight excluding hydrogens is 392 g/mol. The molecule has 0 aliphatic rings. The summed E-state index contributed by atoms with van der Waals surface area (Å²) in [7, 11) is 0. The van der Waals surface area contributed by atoms with Gasteiger partial charge in [0, 0.05) is 12.1 Å². The predicted molar refractivity (Wildman–Crippen MR) is 123 cm³/mol. The Hall–Kier alpha value is -2.86. The van der Waals surface area contributed by atoms with Crippen LogP contribution in [0, 0.1) is 0 Å². The Kier molecular flexibility index (Phi) is 7.85. The van der Waals surface area contributed by atoms with Crippen LogP contribution in [0.25, 0.3) is 11.4 Å². The lowest BCUT2D eigenvalue weighted by Crippen LogP contribution is -2.34. The highest BCUT2D eigenvalue weighted by atomic mass is 32.2. The van der Waals surface area contributed by atoms with E-state index in [1.165, 1.54) is 11.8 Å². The molecule has 3 aromatic rings. The average molecular weight is 421 g/mol. The number of hydrogen-bond acceptors (Lipinski definition) is 4. The first-order valence-electron chi connectivity index (χ1n) is 10.3. The molecule has 2 atom stereocenters. The number of nitrogens with one attached hydrogen (secondary N) is 1. The van der Waals surface area contributed by atoms with E-state index < -0.39 is 0 Å². The minimum absolute atomic E-state index is 0.00304. The normalized spacial score (nSPS) is 12.9.